The Kier molecular flexibility index (Phi) is 1.40. The third-order valence-electron chi connectivity index (χ3n) is 2.92. The van der Waals surface area contributed by atoms with Crippen LogP contribution in [-0.4, -0.2) is 14.9 Å². The van der Waals surface area contributed by atoms with Gasteiger partial charge in [0.2, 0.25) is 0 Å². The smallest absolute Gasteiger partial charge is 0.126 e. The summed E-state index contributed by atoms with van der Waals surface area (Å²) < 4.78 is 1.81. The monoisotopic (exact) mass is 188 g/mol. The first-order valence-electron chi connectivity index (χ1n) is 4.90. The molecule has 1 heterocycles. The van der Waals surface area contributed by atoms with Crippen LogP contribution in [0.25, 0.3) is 10.9 Å². The molecule has 1 N–H and O–H groups in total. The van der Waals surface area contributed by atoms with Gasteiger partial charge in [-0.25, -0.2) is 0 Å². The fourth-order valence-corrected chi connectivity index (χ4v) is 1.90. The van der Waals surface area contributed by atoms with Gasteiger partial charge in [0.25, 0.3) is 0 Å². The number of phenolic OH excluding ortho intramolecular Hbond substituents is 1. The highest BCUT2D eigenvalue weighted by Crippen LogP contribution is 2.42. The molecule has 0 bridgehead atoms. The van der Waals surface area contributed by atoms with Gasteiger partial charge in [-0.15, -0.1) is 0 Å². The van der Waals surface area contributed by atoms with E-state index in [1.165, 1.54) is 18.4 Å². The van der Waals surface area contributed by atoms with Crippen LogP contribution in [0.2, 0.25) is 0 Å². The predicted molar refractivity (Wildman–Crippen MR) is 54.4 cm³/mol. The average Bonchev–Trinajstić information content (AvgIpc) is 2.93. The third-order valence-corrected chi connectivity index (χ3v) is 2.92. The van der Waals surface area contributed by atoms with Crippen LogP contribution < -0.4 is 0 Å². The van der Waals surface area contributed by atoms with E-state index < -0.39 is 0 Å². The molecule has 0 radical (unpaired) electrons. The zero-order valence-corrected chi connectivity index (χ0v) is 8.07. The largest absolute Gasteiger partial charge is 0.507 e. The first-order chi connectivity index (χ1) is 6.75. The minimum absolute atomic E-state index is 0.359. The van der Waals surface area contributed by atoms with Gasteiger partial charge in [0.15, 0.2) is 0 Å². The number of phenols is 1. The van der Waals surface area contributed by atoms with Gasteiger partial charge in [0.1, 0.15) is 5.75 Å². The standard InChI is InChI=1S/C11H12N2O/c1-13-10-4-8(7-2-3-7)5-11(14)9(10)6-12-13/h4-7,14H,2-3H2,1H3. The molecule has 72 valence electrons. The first kappa shape index (κ1) is 7.85. The fraction of sp³-hybridized carbons (Fsp3) is 0.364. The number of aromatic hydroxyl groups is 1. The van der Waals surface area contributed by atoms with Crippen molar-refractivity contribution >= 4 is 10.9 Å². The second kappa shape index (κ2) is 2.50. The van der Waals surface area contributed by atoms with Gasteiger partial charge in [0.05, 0.1) is 17.1 Å². The van der Waals surface area contributed by atoms with Crippen molar-refractivity contribution in [2.75, 3.05) is 0 Å². The molecule has 3 rings (SSSR count). The van der Waals surface area contributed by atoms with Crippen LogP contribution in [-0.2, 0) is 7.05 Å². The lowest BCUT2D eigenvalue weighted by Gasteiger charge is -2.02. The molecule has 1 aliphatic carbocycles. The summed E-state index contributed by atoms with van der Waals surface area (Å²) in [5, 5.41) is 14.8. The van der Waals surface area contributed by atoms with E-state index in [0.717, 1.165) is 10.9 Å². The Bertz CT molecular complexity index is 497. The third kappa shape index (κ3) is 1.02. The Balaban J connectivity index is 2.30. The van der Waals surface area contributed by atoms with Gasteiger partial charge in [-0.3, -0.25) is 4.68 Å². The summed E-state index contributed by atoms with van der Waals surface area (Å²) in [5.41, 5.74) is 2.27. The number of aromatic nitrogens is 2. The maximum atomic E-state index is 9.79. The Labute approximate surface area is 82.0 Å². The topological polar surface area (TPSA) is 38.0 Å². The molecular formula is C11H12N2O. The Morgan fingerprint density at radius 2 is 2.21 bits per heavy atom. The van der Waals surface area contributed by atoms with Crippen LogP contribution in [0.3, 0.4) is 0 Å². The molecule has 0 aliphatic heterocycles. The Hall–Kier alpha value is -1.51. The molecule has 0 amide bonds. The second-order valence-corrected chi connectivity index (χ2v) is 4.02. The summed E-state index contributed by atoms with van der Waals surface area (Å²) in [6.45, 7) is 0. The summed E-state index contributed by atoms with van der Waals surface area (Å²) in [7, 11) is 1.90. The van der Waals surface area contributed by atoms with E-state index in [9.17, 15) is 5.11 Å². The van der Waals surface area contributed by atoms with Crippen molar-refractivity contribution in [1.82, 2.24) is 9.78 Å². The van der Waals surface area contributed by atoms with Gasteiger partial charge in [-0.1, -0.05) is 0 Å². The summed E-state index contributed by atoms with van der Waals surface area (Å²) >= 11 is 0. The second-order valence-electron chi connectivity index (χ2n) is 4.02. The van der Waals surface area contributed by atoms with Crippen LogP contribution in [0.1, 0.15) is 24.3 Å². The van der Waals surface area contributed by atoms with E-state index in [0.29, 0.717) is 11.7 Å². The van der Waals surface area contributed by atoms with Crippen LogP contribution >= 0.6 is 0 Å². The number of fused-ring (bicyclic) bond motifs is 1. The normalized spacial score (nSPS) is 16.4. The number of rotatable bonds is 1. The minimum Gasteiger partial charge on any atom is -0.507 e. The summed E-state index contributed by atoms with van der Waals surface area (Å²) in [6.07, 6.45) is 4.22. The molecule has 0 atom stereocenters. The minimum atomic E-state index is 0.359. The van der Waals surface area contributed by atoms with Crippen LogP contribution in [0.4, 0.5) is 0 Å². The van der Waals surface area contributed by atoms with Crippen molar-refractivity contribution in [2.45, 2.75) is 18.8 Å². The SMILES string of the molecule is Cn1ncc2c(O)cc(C3CC3)cc21. The zero-order chi connectivity index (χ0) is 9.71. The lowest BCUT2D eigenvalue weighted by atomic mass is 10.1. The number of aryl methyl sites for hydroxylation is 1. The molecule has 14 heavy (non-hydrogen) atoms. The number of benzene rings is 1. The lowest BCUT2D eigenvalue weighted by Crippen LogP contribution is -1.89. The molecule has 1 aromatic carbocycles. The molecule has 1 aliphatic rings. The molecule has 0 spiro atoms. The van der Waals surface area contributed by atoms with E-state index in [4.69, 9.17) is 0 Å². The average molecular weight is 188 g/mol. The molecule has 3 heteroatoms. The summed E-state index contributed by atoms with van der Waals surface area (Å²) in [6, 6.07) is 4.02. The molecule has 1 saturated carbocycles. The van der Waals surface area contributed by atoms with Gasteiger partial charge >= 0.3 is 0 Å². The van der Waals surface area contributed by atoms with Gasteiger partial charge in [-0.05, 0) is 36.5 Å². The number of nitrogens with zero attached hydrogens (tertiary/aromatic N) is 2. The van der Waals surface area contributed by atoms with E-state index in [-0.39, 0.29) is 0 Å². The van der Waals surface area contributed by atoms with Crippen molar-refractivity contribution in [1.29, 1.82) is 0 Å². The Morgan fingerprint density at radius 3 is 2.93 bits per heavy atom. The van der Waals surface area contributed by atoms with E-state index in [2.05, 4.69) is 11.2 Å². The molecule has 2 aromatic rings. The predicted octanol–water partition coefficient (Wildman–Crippen LogP) is 2.16. The first-order valence-corrected chi connectivity index (χ1v) is 4.90. The summed E-state index contributed by atoms with van der Waals surface area (Å²) in [4.78, 5) is 0. The molecule has 1 fully saturated rings. The highest BCUT2D eigenvalue weighted by Gasteiger charge is 2.24. The van der Waals surface area contributed by atoms with Crippen molar-refractivity contribution < 1.29 is 5.11 Å². The van der Waals surface area contributed by atoms with Crippen LogP contribution in [0, 0.1) is 0 Å². The van der Waals surface area contributed by atoms with Gasteiger partial charge in [-0.2, -0.15) is 5.10 Å². The van der Waals surface area contributed by atoms with E-state index in [1.807, 2.05) is 13.1 Å². The molecule has 0 saturated heterocycles. The summed E-state index contributed by atoms with van der Waals surface area (Å²) in [5.74, 6) is 1.03. The van der Waals surface area contributed by atoms with Crippen molar-refractivity contribution in [3.05, 3.63) is 23.9 Å². The highest BCUT2D eigenvalue weighted by atomic mass is 16.3. The molecule has 0 unspecified atom stereocenters. The van der Waals surface area contributed by atoms with Crippen molar-refractivity contribution in [3.63, 3.8) is 0 Å². The van der Waals surface area contributed by atoms with Crippen LogP contribution in [0.15, 0.2) is 18.3 Å². The molecule has 3 nitrogen and oxygen atoms in total. The van der Waals surface area contributed by atoms with Crippen LogP contribution in [0.5, 0.6) is 5.75 Å². The van der Waals surface area contributed by atoms with E-state index >= 15 is 0 Å². The highest BCUT2D eigenvalue weighted by molar-refractivity contribution is 5.85. The van der Waals surface area contributed by atoms with Gasteiger partial charge < -0.3 is 5.11 Å². The quantitative estimate of drug-likeness (QED) is 0.744. The zero-order valence-electron chi connectivity index (χ0n) is 8.07. The molecule has 1 aromatic heterocycles. The maximum Gasteiger partial charge on any atom is 0.126 e. The van der Waals surface area contributed by atoms with Crippen molar-refractivity contribution in [3.8, 4) is 5.75 Å². The van der Waals surface area contributed by atoms with E-state index in [1.54, 1.807) is 10.9 Å². The van der Waals surface area contributed by atoms with Crippen molar-refractivity contribution in [2.24, 2.45) is 7.05 Å². The lowest BCUT2D eigenvalue weighted by molar-refractivity contribution is 0.481. The maximum absolute atomic E-state index is 9.79. The Morgan fingerprint density at radius 1 is 1.43 bits per heavy atom. The fourth-order valence-electron chi connectivity index (χ4n) is 1.90. The number of hydrogen-bond acceptors (Lipinski definition) is 2. The van der Waals surface area contributed by atoms with Gasteiger partial charge in [0, 0.05) is 7.05 Å². The number of hydrogen-bond donors (Lipinski definition) is 1. The molecular weight excluding hydrogens is 176 g/mol.